The van der Waals surface area contributed by atoms with E-state index in [1.165, 1.54) is 0 Å². The van der Waals surface area contributed by atoms with Gasteiger partial charge in [-0.25, -0.2) is 4.79 Å². The van der Waals surface area contributed by atoms with Crippen LogP contribution in [0.3, 0.4) is 0 Å². The standard InChI is InChI=1S/C12H16N2O6S2/c1-3-9(15)14(10(16)4-2)8(12(19)20)6-22-21-5-7(13)11(17)18/h3-4,7-8H,1-2,5-6,13H2,(H,17,18)(H,19,20)/t7?,8-/m0/s1. The molecule has 2 atom stereocenters. The minimum absolute atomic E-state index is 0.0527. The van der Waals surface area contributed by atoms with Gasteiger partial charge in [0.05, 0.1) is 0 Å². The lowest BCUT2D eigenvalue weighted by Gasteiger charge is -2.24. The van der Waals surface area contributed by atoms with E-state index < -0.39 is 35.8 Å². The van der Waals surface area contributed by atoms with Crippen molar-refractivity contribution in [1.82, 2.24) is 4.90 Å². The van der Waals surface area contributed by atoms with Crippen molar-refractivity contribution in [3.05, 3.63) is 25.3 Å². The second-order valence-corrected chi connectivity index (χ2v) is 6.37. The normalized spacial score (nSPS) is 12.8. The molecule has 0 aromatic rings. The molecule has 2 amide bonds. The number of hydrogen-bond acceptors (Lipinski definition) is 7. The summed E-state index contributed by atoms with van der Waals surface area (Å²) >= 11 is 0. The number of amides is 2. The van der Waals surface area contributed by atoms with Gasteiger partial charge in [-0.3, -0.25) is 19.3 Å². The molecule has 0 aliphatic carbocycles. The zero-order valence-electron chi connectivity index (χ0n) is 11.5. The fourth-order valence-electron chi connectivity index (χ4n) is 1.17. The van der Waals surface area contributed by atoms with Gasteiger partial charge >= 0.3 is 11.9 Å². The van der Waals surface area contributed by atoms with Crippen molar-refractivity contribution in [1.29, 1.82) is 0 Å². The molecule has 4 N–H and O–H groups in total. The zero-order valence-corrected chi connectivity index (χ0v) is 13.1. The summed E-state index contributed by atoms with van der Waals surface area (Å²) in [5.41, 5.74) is 5.30. The number of nitrogens with zero attached hydrogens (tertiary/aromatic N) is 1. The van der Waals surface area contributed by atoms with Crippen LogP contribution >= 0.6 is 21.6 Å². The molecule has 0 aliphatic heterocycles. The molecule has 0 saturated heterocycles. The molecule has 0 bridgehead atoms. The van der Waals surface area contributed by atoms with Crippen LogP contribution in [0.25, 0.3) is 0 Å². The van der Waals surface area contributed by atoms with Gasteiger partial charge in [0.15, 0.2) is 0 Å². The highest BCUT2D eigenvalue weighted by atomic mass is 33.1. The van der Waals surface area contributed by atoms with E-state index in [9.17, 15) is 24.3 Å². The fraction of sp³-hybridized carbons (Fsp3) is 0.333. The Morgan fingerprint density at radius 1 is 1.00 bits per heavy atom. The third-order valence-electron chi connectivity index (χ3n) is 2.29. The van der Waals surface area contributed by atoms with Gasteiger partial charge in [0, 0.05) is 11.5 Å². The summed E-state index contributed by atoms with van der Waals surface area (Å²) in [4.78, 5) is 45.6. The molecular weight excluding hydrogens is 332 g/mol. The van der Waals surface area contributed by atoms with Crippen LogP contribution < -0.4 is 5.73 Å². The zero-order chi connectivity index (χ0) is 17.3. The molecule has 0 aromatic carbocycles. The molecule has 0 radical (unpaired) electrons. The minimum Gasteiger partial charge on any atom is -0.480 e. The minimum atomic E-state index is -1.42. The van der Waals surface area contributed by atoms with Crippen LogP contribution in [0.5, 0.6) is 0 Å². The fourth-order valence-corrected chi connectivity index (χ4v) is 3.48. The quantitative estimate of drug-likeness (QED) is 0.282. The molecule has 10 heteroatoms. The Bertz CT molecular complexity index is 462. The first kappa shape index (κ1) is 20.2. The number of carboxylic acids is 2. The molecule has 0 aromatic heterocycles. The molecule has 0 spiro atoms. The van der Waals surface area contributed by atoms with Crippen molar-refractivity contribution in [2.75, 3.05) is 11.5 Å². The molecule has 0 heterocycles. The number of nitrogens with two attached hydrogens (primary N) is 1. The molecule has 8 nitrogen and oxygen atoms in total. The van der Waals surface area contributed by atoms with Gasteiger partial charge in [-0.05, 0) is 12.2 Å². The van der Waals surface area contributed by atoms with E-state index in [-0.39, 0.29) is 11.5 Å². The number of carboxylic acid groups (broad SMARTS) is 2. The summed E-state index contributed by atoms with van der Waals surface area (Å²) in [6, 6.07) is -2.50. The van der Waals surface area contributed by atoms with Gasteiger partial charge in [-0.1, -0.05) is 34.7 Å². The van der Waals surface area contributed by atoms with Crippen LogP contribution in [0.15, 0.2) is 25.3 Å². The summed E-state index contributed by atoms with van der Waals surface area (Å²) in [6.07, 6.45) is 1.66. The lowest BCUT2D eigenvalue weighted by atomic mass is 10.2. The van der Waals surface area contributed by atoms with Crippen LogP contribution in [-0.2, 0) is 19.2 Å². The maximum Gasteiger partial charge on any atom is 0.327 e. The Balaban J connectivity index is 4.82. The average Bonchev–Trinajstić information content (AvgIpc) is 2.48. The first-order chi connectivity index (χ1) is 10.3. The summed E-state index contributed by atoms with van der Waals surface area (Å²) in [5.74, 6) is -4.34. The molecule has 1 unspecified atom stereocenters. The van der Waals surface area contributed by atoms with Crippen molar-refractivity contribution in [2.24, 2.45) is 5.73 Å². The summed E-state index contributed by atoms with van der Waals surface area (Å²) in [7, 11) is 2.04. The van der Waals surface area contributed by atoms with Gasteiger partial charge in [-0.2, -0.15) is 0 Å². The molecule has 0 fully saturated rings. The third-order valence-corrected chi connectivity index (χ3v) is 4.73. The van der Waals surface area contributed by atoms with Crippen molar-refractivity contribution < 1.29 is 29.4 Å². The van der Waals surface area contributed by atoms with Crippen LogP contribution in [-0.4, -0.2) is 62.5 Å². The molecular formula is C12H16N2O6S2. The Hall–Kier alpha value is -1.78. The van der Waals surface area contributed by atoms with E-state index in [4.69, 9.17) is 10.8 Å². The highest BCUT2D eigenvalue weighted by Gasteiger charge is 2.32. The average molecular weight is 348 g/mol. The topological polar surface area (TPSA) is 138 Å². The largest absolute Gasteiger partial charge is 0.480 e. The number of aliphatic carboxylic acids is 2. The van der Waals surface area contributed by atoms with Crippen molar-refractivity contribution in [2.45, 2.75) is 12.1 Å². The van der Waals surface area contributed by atoms with Gasteiger partial charge in [0.25, 0.3) is 11.8 Å². The van der Waals surface area contributed by atoms with E-state index in [0.29, 0.717) is 4.90 Å². The highest BCUT2D eigenvalue weighted by Crippen LogP contribution is 2.24. The number of carbonyl (C=O) groups excluding carboxylic acids is 2. The number of imide groups is 1. The van der Waals surface area contributed by atoms with Crippen LogP contribution in [0.2, 0.25) is 0 Å². The lowest BCUT2D eigenvalue weighted by molar-refractivity contribution is -0.153. The molecule has 0 rings (SSSR count). The Kier molecular flexibility index (Phi) is 9.22. The summed E-state index contributed by atoms with van der Waals surface area (Å²) < 4.78 is 0. The van der Waals surface area contributed by atoms with Gasteiger partial charge in [0.2, 0.25) is 0 Å². The molecule has 0 aliphatic rings. The first-order valence-corrected chi connectivity index (χ1v) is 8.32. The molecule has 0 saturated carbocycles. The Morgan fingerprint density at radius 2 is 1.45 bits per heavy atom. The van der Waals surface area contributed by atoms with Crippen molar-refractivity contribution >= 4 is 45.3 Å². The van der Waals surface area contributed by atoms with Crippen molar-refractivity contribution in [3.63, 3.8) is 0 Å². The van der Waals surface area contributed by atoms with E-state index in [0.717, 1.165) is 33.7 Å². The van der Waals surface area contributed by atoms with Gasteiger partial charge < -0.3 is 15.9 Å². The van der Waals surface area contributed by atoms with Crippen LogP contribution in [0.1, 0.15) is 0 Å². The number of carbonyl (C=O) groups is 4. The number of rotatable bonds is 10. The first-order valence-electron chi connectivity index (χ1n) is 5.83. The van der Waals surface area contributed by atoms with Gasteiger partial charge in [0.1, 0.15) is 12.1 Å². The molecule has 22 heavy (non-hydrogen) atoms. The Labute approximate surface area is 134 Å². The maximum absolute atomic E-state index is 11.7. The maximum atomic E-state index is 11.7. The summed E-state index contributed by atoms with van der Waals surface area (Å²) in [5, 5.41) is 17.8. The van der Waals surface area contributed by atoms with E-state index >= 15 is 0 Å². The molecule has 122 valence electrons. The second kappa shape index (κ2) is 10.0. The monoisotopic (exact) mass is 348 g/mol. The Morgan fingerprint density at radius 3 is 1.82 bits per heavy atom. The predicted molar refractivity (Wildman–Crippen MR) is 84.2 cm³/mol. The van der Waals surface area contributed by atoms with E-state index in [2.05, 4.69) is 13.2 Å². The van der Waals surface area contributed by atoms with E-state index in [1.54, 1.807) is 0 Å². The lowest BCUT2D eigenvalue weighted by Crippen LogP contribution is -2.48. The highest BCUT2D eigenvalue weighted by molar-refractivity contribution is 8.76. The number of hydrogen-bond donors (Lipinski definition) is 3. The van der Waals surface area contributed by atoms with Gasteiger partial charge in [-0.15, -0.1) is 0 Å². The summed E-state index contributed by atoms with van der Waals surface area (Å²) in [6.45, 7) is 6.43. The SMILES string of the molecule is C=CC(=O)N(C(=O)C=C)[C@@H](CSSCC(N)C(=O)O)C(=O)O. The van der Waals surface area contributed by atoms with Crippen LogP contribution in [0, 0.1) is 0 Å². The van der Waals surface area contributed by atoms with Crippen LogP contribution in [0.4, 0.5) is 0 Å². The second-order valence-electron chi connectivity index (χ2n) is 3.82. The van der Waals surface area contributed by atoms with Crippen molar-refractivity contribution in [3.8, 4) is 0 Å². The van der Waals surface area contributed by atoms with E-state index in [1.807, 2.05) is 0 Å². The third kappa shape index (κ3) is 6.33. The smallest absolute Gasteiger partial charge is 0.327 e. The predicted octanol–water partition coefficient (Wildman–Crippen LogP) is -0.0399.